The first-order valence-electron chi connectivity index (χ1n) is 8.56. The topological polar surface area (TPSA) is 41.2 Å². The third-order valence-corrected chi connectivity index (χ3v) is 5.30. The molecule has 1 heterocycles. The maximum absolute atomic E-state index is 5.74. The number of nitrogens with zero attached hydrogens (tertiary/aromatic N) is 2. The molecule has 1 aliphatic carbocycles. The van der Waals surface area contributed by atoms with Crippen LogP contribution in [-0.2, 0) is 11.3 Å². The average Bonchev–Trinajstić information content (AvgIpc) is 2.93. The van der Waals surface area contributed by atoms with Crippen molar-refractivity contribution in [3.05, 3.63) is 24.4 Å². The van der Waals surface area contributed by atoms with Crippen LogP contribution in [0.3, 0.4) is 0 Å². The third-order valence-electron chi connectivity index (χ3n) is 5.30. The number of ether oxygens (including phenoxy) is 1. The Morgan fingerprint density at radius 1 is 1.50 bits per heavy atom. The van der Waals surface area contributed by atoms with Gasteiger partial charge < -0.3 is 9.64 Å². The summed E-state index contributed by atoms with van der Waals surface area (Å²) in [5.41, 5.74) is 2.95. The molecule has 125 valence electrons. The van der Waals surface area contributed by atoms with Crippen molar-refractivity contribution in [3.63, 3.8) is 0 Å². The summed E-state index contributed by atoms with van der Waals surface area (Å²) >= 11 is 0. The van der Waals surface area contributed by atoms with Crippen LogP contribution in [0, 0.1) is 18.3 Å². The number of rotatable bonds is 7. The number of hydrogen-bond donors (Lipinski definition) is 1. The fraction of sp³-hybridized carbons (Fsp3) is 0.778. The van der Waals surface area contributed by atoms with Gasteiger partial charge in [-0.2, -0.15) is 5.10 Å². The molecule has 1 aromatic rings. The molecule has 1 saturated carbocycles. The van der Waals surface area contributed by atoms with Crippen LogP contribution in [0.25, 0.3) is 0 Å². The van der Waals surface area contributed by atoms with Gasteiger partial charge in [0.2, 0.25) is 0 Å². The van der Waals surface area contributed by atoms with Crippen molar-refractivity contribution < 1.29 is 4.74 Å². The normalized spacial score (nSPS) is 24.8. The van der Waals surface area contributed by atoms with E-state index in [-0.39, 0.29) is 0 Å². The summed E-state index contributed by atoms with van der Waals surface area (Å²) in [7, 11) is 2.10. The molecular weight excluding hydrogens is 274 g/mol. The molecule has 1 aliphatic rings. The summed E-state index contributed by atoms with van der Waals surface area (Å²) < 4.78 is 5.74. The number of aromatic nitrogens is 2. The Labute approximate surface area is 135 Å². The summed E-state index contributed by atoms with van der Waals surface area (Å²) in [6, 6.07) is 0. The standard InChI is InChI=1S/C18H32N3O/c1-6-21(5)12-15-11-19-20-17(15)14-8-9-18(3,4)16(10-14)13-22-7-2/h11,14,16H,1,6-10,12-13H2,2-5H3,(H,19,20)/t14?,16-/m0/s1. The molecule has 22 heavy (non-hydrogen) atoms. The molecule has 0 aliphatic heterocycles. The van der Waals surface area contributed by atoms with Crippen molar-refractivity contribution in [2.24, 2.45) is 11.3 Å². The monoisotopic (exact) mass is 306 g/mol. The highest BCUT2D eigenvalue weighted by atomic mass is 16.5. The van der Waals surface area contributed by atoms with E-state index in [2.05, 4.69) is 56.0 Å². The molecular formula is C18H32N3O. The van der Waals surface area contributed by atoms with Crippen LogP contribution in [0.5, 0.6) is 0 Å². The Morgan fingerprint density at radius 3 is 2.95 bits per heavy atom. The van der Waals surface area contributed by atoms with Gasteiger partial charge in [0.1, 0.15) is 0 Å². The van der Waals surface area contributed by atoms with Gasteiger partial charge in [-0.3, -0.25) is 5.10 Å². The molecule has 0 bridgehead atoms. The highest BCUT2D eigenvalue weighted by molar-refractivity contribution is 5.21. The number of hydrogen-bond acceptors (Lipinski definition) is 3. The zero-order valence-corrected chi connectivity index (χ0v) is 14.7. The van der Waals surface area contributed by atoms with Gasteiger partial charge in [0.15, 0.2) is 0 Å². The van der Waals surface area contributed by atoms with Gasteiger partial charge in [0.05, 0.1) is 5.69 Å². The largest absolute Gasteiger partial charge is 0.381 e. The Balaban J connectivity index is 2.08. The van der Waals surface area contributed by atoms with E-state index in [0.29, 0.717) is 17.3 Å². The number of nitrogens with one attached hydrogen (secondary N) is 1. The molecule has 0 saturated heterocycles. The predicted molar refractivity (Wildman–Crippen MR) is 90.6 cm³/mol. The first kappa shape index (κ1) is 17.5. The maximum atomic E-state index is 5.74. The fourth-order valence-electron chi connectivity index (χ4n) is 3.51. The molecule has 4 heteroatoms. The first-order valence-corrected chi connectivity index (χ1v) is 8.56. The lowest BCUT2D eigenvalue weighted by atomic mass is 9.65. The Morgan fingerprint density at radius 2 is 2.27 bits per heavy atom. The van der Waals surface area contributed by atoms with E-state index in [1.54, 1.807) is 0 Å². The Bertz CT molecular complexity index is 455. The number of aromatic amines is 1. The van der Waals surface area contributed by atoms with E-state index in [0.717, 1.165) is 26.3 Å². The molecule has 1 unspecified atom stereocenters. The van der Waals surface area contributed by atoms with Crippen molar-refractivity contribution in [1.82, 2.24) is 15.1 Å². The van der Waals surface area contributed by atoms with E-state index in [4.69, 9.17) is 4.74 Å². The highest BCUT2D eigenvalue weighted by Gasteiger charge is 2.38. The van der Waals surface area contributed by atoms with Crippen LogP contribution in [0.2, 0.25) is 0 Å². The van der Waals surface area contributed by atoms with Gasteiger partial charge in [0.25, 0.3) is 0 Å². The molecule has 2 atom stereocenters. The van der Waals surface area contributed by atoms with Gasteiger partial charge in [-0.25, -0.2) is 0 Å². The Kier molecular flexibility index (Phi) is 6.04. The molecule has 1 radical (unpaired) electrons. The molecule has 0 spiro atoms. The minimum Gasteiger partial charge on any atom is -0.381 e. The van der Waals surface area contributed by atoms with Gasteiger partial charge in [0, 0.05) is 37.4 Å². The average molecular weight is 306 g/mol. The van der Waals surface area contributed by atoms with E-state index in [9.17, 15) is 0 Å². The van der Waals surface area contributed by atoms with Crippen molar-refractivity contribution in [2.45, 2.75) is 52.5 Å². The number of H-pyrrole nitrogens is 1. The SMILES string of the molecule is [CH2]CN(C)Cc1c[nH]nc1C1CCC(C)(C)[C@H](COCC)C1. The van der Waals surface area contributed by atoms with Gasteiger partial charge in [-0.05, 0) is 58.0 Å². The molecule has 0 amide bonds. The molecule has 2 rings (SSSR count). The smallest absolute Gasteiger partial charge is 0.0698 e. The quantitative estimate of drug-likeness (QED) is 0.836. The highest BCUT2D eigenvalue weighted by Crippen LogP contribution is 2.46. The lowest BCUT2D eigenvalue weighted by molar-refractivity contribution is 0.0223. The summed E-state index contributed by atoms with van der Waals surface area (Å²) in [6.45, 7) is 14.2. The fourth-order valence-corrected chi connectivity index (χ4v) is 3.51. The van der Waals surface area contributed by atoms with Crippen LogP contribution in [-0.4, -0.2) is 41.9 Å². The summed E-state index contributed by atoms with van der Waals surface area (Å²) in [6.07, 6.45) is 5.70. The minimum atomic E-state index is 0.367. The second-order valence-electron chi connectivity index (χ2n) is 7.35. The zero-order valence-electron chi connectivity index (χ0n) is 14.7. The summed E-state index contributed by atoms with van der Waals surface area (Å²) in [5, 5.41) is 7.65. The van der Waals surface area contributed by atoms with Gasteiger partial charge in [-0.15, -0.1) is 0 Å². The molecule has 0 aromatic carbocycles. The van der Waals surface area contributed by atoms with Crippen molar-refractivity contribution in [2.75, 3.05) is 26.8 Å². The second-order valence-corrected chi connectivity index (χ2v) is 7.35. The molecule has 4 nitrogen and oxygen atoms in total. The van der Waals surface area contributed by atoms with E-state index in [1.165, 1.54) is 30.5 Å². The summed E-state index contributed by atoms with van der Waals surface area (Å²) in [4.78, 5) is 2.22. The minimum absolute atomic E-state index is 0.367. The van der Waals surface area contributed by atoms with Crippen molar-refractivity contribution in [3.8, 4) is 0 Å². The predicted octanol–water partition coefficient (Wildman–Crippen LogP) is 3.62. The van der Waals surface area contributed by atoms with Crippen molar-refractivity contribution in [1.29, 1.82) is 0 Å². The second kappa shape index (κ2) is 7.60. The van der Waals surface area contributed by atoms with Gasteiger partial charge in [-0.1, -0.05) is 13.8 Å². The first-order chi connectivity index (χ1) is 10.5. The van der Waals surface area contributed by atoms with E-state index < -0.39 is 0 Å². The zero-order chi connectivity index (χ0) is 16.2. The lowest BCUT2D eigenvalue weighted by Crippen LogP contribution is -2.34. The molecule has 1 aromatic heterocycles. The maximum Gasteiger partial charge on any atom is 0.0698 e. The summed E-state index contributed by atoms with van der Waals surface area (Å²) in [5.74, 6) is 1.17. The third kappa shape index (κ3) is 4.11. The van der Waals surface area contributed by atoms with Crippen LogP contribution in [0.15, 0.2) is 6.20 Å². The molecule has 1 fully saturated rings. The van der Waals surface area contributed by atoms with Crippen LogP contribution in [0.4, 0.5) is 0 Å². The van der Waals surface area contributed by atoms with Crippen molar-refractivity contribution >= 4 is 0 Å². The van der Waals surface area contributed by atoms with Gasteiger partial charge >= 0.3 is 0 Å². The van der Waals surface area contributed by atoms with Crippen LogP contribution in [0.1, 0.15) is 57.2 Å². The van der Waals surface area contributed by atoms with Crippen LogP contribution >= 0.6 is 0 Å². The van der Waals surface area contributed by atoms with Crippen LogP contribution < -0.4 is 0 Å². The molecule has 1 N–H and O–H groups in total. The van der Waals surface area contributed by atoms with E-state index >= 15 is 0 Å². The lowest BCUT2D eigenvalue weighted by Gasteiger charge is -2.42. The Hall–Kier alpha value is -0.870. The van der Waals surface area contributed by atoms with E-state index in [1.807, 2.05) is 0 Å².